The molecule has 2 N–H and O–H groups in total. The van der Waals surface area contributed by atoms with Crippen LogP contribution in [0.3, 0.4) is 0 Å². The molecule has 40 heavy (non-hydrogen) atoms. The number of nitrogens with two attached hydrogens (primary N) is 1. The number of aromatic nitrogens is 1. The normalized spacial score (nSPS) is 11.3. The number of rotatable bonds is 11. The molecule has 0 aliphatic rings. The van der Waals surface area contributed by atoms with Gasteiger partial charge in [0.1, 0.15) is 0 Å². The first kappa shape index (κ1) is 27.7. The fourth-order valence-corrected chi connectivity index (χ4v) is 5.81. The van der Waals surface area contributed by atoms with Gasteiger partial charge in [0.15, 0.2) is 0 Å². The van der Waals surface area contributed by atoms with E-state index in [1.54, 1.807) is 0 Å². The summed E-state index contributed by atoms with van der Waals surface area (Å²) in [6.07, 6.45) is 3.53. The second kappa shape index (κ2) is 13.0. The third kappa shape index (κ3) is 5.99. The first-order valence-electron chi connectivity index (χ1n) is 14.0. The van der Waals surface area contributed by atoms with Crippen LogP contribution in [0.2, 0.25) is 5.02 Å². The SMILES string of the molecule is CCOC(=O)c1ccc(CCCc2c(CCN)n(C(c3ccccc3)c3ccccc3)c3ccc(Cl)cc23)cc1. The quantitative estimate of drug-likeness (QED) is 0.171. The van der Waals surface area contributed by atoms with Gasteiger partial charge in [-0.1, -0.05) is 84.4 Å². The lowest BCUT2D eigenvalue weighted by molar-refractivity contribution is 0.0526. The molecule has 0 saturated heterocycles. The number of benzene rings is 4. The van der Waals surface area contributed by atoms with Crippen molar-refractivity contribution in [3.8, 4) is 0 Å². The maximum Gasteiger partial charge on any atom is 0.338 e. The number of hydrogen-bond acceptors (Lipinski definition) is 3. The van der Waals surface area contributed by atoms with Crippen molar-refractivity contribution in [2.75, 3.05) is 13.2 Å². The fraction of sp³-hybridized carbons (Fsp3) is 0.229. The average Bonchev–Trinajstić information content (AvgIpc) is 3.27. The Kier molecular flexibility index (Phi) is 9.00. The Balaban J connectivity index is 1.53. The number of esters is 1. The number of halogens is 1. The van der Waals surface area contributed by atoms with E-state index in [1.807, 2.05) is 37.3 Å². The second-order valence-corrected chi connectivity index (χ2v) is 10.4. The van der Waals surface area contributed by atoms with Crippen molar-refractivity contribution < 1.29 is 9.53 Å². The van der Waals surface area contributed by atoms with Gasteiger partial charge in [-0.2, -0.15) is 0 Å². The van der Waals surface area contributed by atoms with Crippen molar-refractivity contribution >= 4 is 28.5 Å². The molecule has 204 valence electrons. The van der Waals surface area contributed by atoms with E-state index >= 15 is 0 Å². The molecule has 5 heteroatoms. The molecule has 5 aromatic rings. The minimum absolute atomic E-state index is 0.0109. The molecule has 0 unspecified atom stereocenters. The predicted octanol–water partition coefficient (Wildman–Crippen LogP) is 7.79. The summed E-state index contributed by atoms with van der Waals surface area (Å²) in [5.74, 6) is -0.281. The van der Waals surface area contributed by atoms with Gasteiger partial charge in [-0.15, -0.1) is 0 Å². The number of carbonyl (C=O) groups is 1. The van der Waals surface area contributed by atoms with Gasteiger partial charge in [0.25, 0.3) is 0 Å². The maximum atomic E-state index is 12.0. The molecular formula is C35H35ClN2O2. The Labute approximate surface area is 241 Å². The molecule has 0 radical (unpaired) electrons. The number of aryl methyl sites for hydroxylation is 2. The highest BCUT2D eigenvalue weighted by molar-refractivity contribution is 6.31. The zero-order valence-electron chi connectivity index (χ0n) is 22.9. The Bertz CT molecular complexity index is 1520. The molecule has 5 rings (SSSR count). The Morgan fingerprint density at radius 3 is 2.10 bits per heavy atom. The molecule has 0 spiro atoms. The van der Waals surface area contributed by atoms with E-state index in [-0.39, 0.29) is 12.0 Å². The first-order valence-corrected chi connectivity index (χ1v) is 14.4. The highest BCUT2D eigenvalue weighted by Gasteiger charge is 2.25. The molecular weight excluding hydrogens is 516 g/mol. The van der Waals surface area contributed by atoms with Crippen molar-refractivity contribution in [3.63, 3.8) is 0 Å². The minimum Gasteiger partial charge on any atom is -0.462 e. The van der Waals surface area contributed by atoms with Crippen LogP contribution in [0.15, 0.2) is 103 Å². The van der Waals surface area contributed by atoms with Gasteiger partial charge in [-0.3, -0.25) is 0 Å². The maximum absolute atomic E-state index is 12.0. The van der Waals surface area contributed by atoms with Gasteiger partial charge >= 0.3 is 5.97 Å². The van der Waals surface area contributed by atoms with Crippen LogP contribution in [0.4, 0.5) is 0 Å². The summed E-state index contributed by atoms with van der Waals surface area (Å²) in [5.41, 5.74) is 14.2. The van der Waals surface area contributed by atoms with E-state index in [2.05, 4.69) is 77.4 Å². The number of hydrogen-bond donors (Lipinski definition) is 1. The van der Waals surface area contributed by atoms with Crippen LogP contribution in [0.25, 0.3) is 10.9 Å². The number of ether oxygens (including phenoxy) is 1. The third-order valence-electron chi connectivity index (χ3n) is 7.41. The lowest BCUT2D eigenvalue weighted by Crippen LogP contribution is -2.18. The lowest BCUT2D eigenvalue weighted by atomic mass is 9.97. The van der Waals surface area contributed by atoms with E-state index in [1.165, 1.54) is 38.9 Å². The molecule has 4 nitrogen and oxygen atoms in total. The van der Waals surface area contributed by atoms with Crippen LogP contribution >= 0.6 is 11.6 Å². The van der Waals surface area contributed by atoms with Crippen molar-refractivity contribution in [3.05, 3.63) is 142 Å². The molecule has 0 bridgehead atoms. The van der Waals surface area contributed by atoms with E-state index in [4.69, 9.17) is 22.1 Å². The number of fused-ring (bicyclic) bond motifs is 1. The molecule has 1 heterocycles. The molecule has 0 atom stereocenters. The third-order valence-corrected chi connectivity index (χ3v) is 7.64. The Hall–Kier alpha value is -3.86. The summed E-state index contributed by atoms with van der Waals surface area (Å²) < 4.78 is 7.60. The molecule has 0 saturated carbocycles. The highest BCUT2D eigenvalue weighted by atomic mass is 35.5. The first-order chi connectivity index (χ1) is 19.6. The molecule has 1 aromatic heterocycles. The zero-order valence-corrected chi connectivity index (χ0v) is 23.6. The summed E-state index contributed by atoms with van der Waals surface area (Å²) in [6, 6.07) is 35.3. The van der Waals surface area contributed by atoms with Crippen molar-refractivity contribution in [2.24, 2.45) is 5.73 Å². The van der Waals surface area contributed by atoms with E-state index < -0.39 is 0 Å². The number of carbonyl (C=O) groups excluding carboxylic acids is 1. The van der Waals surface area contributed by atoms with Crippen LogP contribution in [-0.4, -0.2) is 23.7 Å². The molecule has 0 amide bonds. The van der Waals surface area contributed by atoms with E-state index in [0.717, 1.165) is 30.7 Å². The summed E-state index contributed by atoms with van der Waals surface area (Å²) in [5, 5.41) is 1.92. The van der Waals surface area contributed by atoms with Gasteiger partial charge in [0.05, 0.1) is 18.2 Å². The Morgan fingerprint density at radius 1 is 0.850 bits per heavy atom. The smallest absolute Gasteiger partial charge is 0.338 e. The van der Waals surface area contributed by atoms with E-state index in [9.17, 15) is 4.79 Å². The van der Waals surface area contributed by atoms with Crippen LogP contribution in [-0.2, 0) is 24.0 Å². The summed E-state index contributed by atoms with van der Waals surface area (Å²) in [4.78, 5) is 12.0. The van der Waals surface area contributed by atoms with Crippen LogP contribution < -0.4 is 5.73 Å². The largest absolute Gasteiger partial charge is 0.462 e. The molecule has 0 aliphatic heterocycles. The predicted molar refractivity (Wildman–Crippen MR) is 164 cm³/mol. The van der Waals surface area contributed by atoms with Crippen LogP contribution in [0.5, 0.6) is 0 Å². The molecule has 0 aliphatic carbocycles. The zero-order chi connectivity index (χ0) is 27.9. The van der Waals surface area contributed by atoms with E-state index in [0.29, 0.717) is 18.7 Å². The average molecular weight is 551 g/mol. The monoisotopic (exact) mass is 550 g/mol. The second-order valence-electron chi connectivity index (χ2n) is 9.99. The molecule has 4 aromatic carbocycles. The van der Waals surface area contributed by atoms with Gasteiger partial charge < -0.3 is 15.0 Å². The fourth-order valence-electron chi connectivity index (χ4n) is 5.64. The van der Waals surface area contributed by atoms with Gasteiger partial charge in [-0.25, -0.2) is 4.79 Å². The van der Waals surface area contributed by atoms with Gasteiger partial charge in [-0.05, 0) is 85.3 Å². The minimum atomic E-state index is -0.281. The van der Waals surface area contributed by atoms with Crippen molar-refractivity contribution in [1.29, 1.82) is 0 Å². The lowest BCUT2D eigenvalue weighted by Gasteiger charge is -2.25. The molecule has 0 fully saturated rings. The topological polar surface area (TPSA) is 57.2 Å². The standard InChI is InChI=1S/C35H35ClN2O2/c1-2-40-35(39)28-18-16-25(17-19-28)10-9-15-30-31-24-29(36)20-21-32(31)38(33(30)22-23-37)34(26-11-5-3-6-12-26)27-13-7-4-8-14-27/h3-8,11-14,16-21,24,34H,2,9-10,15,22-23,37H2,1H3. The van der Waals surface area contributed by atoms with Crippen LogP contribution in [0.1, 0.15) is 57.7 Å². The van der Waals surface area contributed by atoms with Crippen molar-refractivity contribution in [2.45, 2.75) is 38.6 Å². The van der Waals surface area contributed by atoms with Gasteiger partial charge in [0, 0.05) is 28.0 Å². The summed E-state index contributed by atoms with van der Waals surface area (Å²) in [7, 11) is 0. The Morgan fingerprint density at radius 2 is 1.50 bits per heavy atom. The summed E-state index contributed by atoms with van der Waals surface area (Å²) in [6.45, 7) is 2.75. The van der Waals surface area contributed by atoms with Crippen molar-refractivity contribution in [1.82, 2.24) is 4.57 Å². The highest BCUT2D eigenvalue weighted by Crippen LogP contribution is 2.38. The van der Waals surface area contributed by atoms with Gasteiger partial charge in [0.2, 0.25) is 0 Å². The summed E-state index contributed by atoms with van der Waals surface area (Å²) >= 11 is 6.56. The number of nitrogens with zero attached hydrogens (tertiary/aromatic N) is 1. The van der Waals surface area contributed by atoms with Crippen LogP contribution in [0, 0.1) is 0 Å².